The van der Waals surface area contributed by atoms with Gasteiger partial charge in [-0.05, 0) is 51.0 Å². The van der Waals surface area contributed by atoms with E-state index in [0.717, 1.165) is 45.1 Å². The number of nitriles is 1. The molecule has 3 heterocycles. The van der Waals surface area contributed by atoms with Crippen LogP contribution in [0.4, 0.5) is 9.93 Å². The quantitative estimate of drug-likeness (QED) is 0.637. The second-order valence-corrected chi connectivity index (χ2v) is 8.69. The molecule has 4 rings (SSSR count). The maximum atomic E-state index is 12.7. The van der Waals surface area contributed by atoms with Crippen LogP contribution >= 0.6 is 11.3 Å². The van der Waals surface area contributed by atoms with E-state index in [1.165, 1.54) is 11.3 Å². The molecule has 0 unspecified atom stereocenters. The van der Waals surface area contributed by atoms with Gasteiger partial charge in [0.25, 0.3) is 0 Å². The van der Waals surface area contributed by atoms with Crippen molar-refractivity contribution < 1.29 is 4.79 Å². The smallest absolute Gasteiger partial charge is 0.323 e. The van der Waals surface area contributed by atoms with Crippen molar-refractivity contribution in [1.82, 2.24) is 14.9 Å². The number of pyridine rings is 1. The van der Waals surface area contributed by atoms with Gasteiger partial charge >= 0.3 is 6.03 Å². The number of likely N-dealkylation sites (tertiary alicyclic amines) is 1. The lowest BCUT2D eigenvalue weighted by atomic mass is 10.0. The van der Waals surface area contributed by atoms with Crippen molar-refractivity contribution >= 4 is 22.5 Å². The molecule has 1 saturated heterocycles. The highest BCUT2D eigenvalue weighted by molar-refractivity contribution is 7.19. The molecule has 0 aliphatic carbocycles. The van der Waals surface area contributed by atoms with E-state index in [4.69, 9.17) is 10.2 Å². The van der Waals surface area contributed by atoms with Gasteiger partial charge in [-0.3, -0.25) is 10.3 Å². The van der Waals surface area contributed by atoms with Crippen molar-refractivity contribution in [3.05, 3.63) is 53.3 Å². The average Bonchev–Trinajstić information content (AvgIpc) is 3.34. The van der Waals surface area contributed by atoms with E-state index in [1.807, 2.05) is 38.1 Å². The molecule has 1 N–H and O–H groups in total. The van der Waals surface area contributed by atoms with Crippen LogP contribution in [0, 0.1) is 38.0 Å². The number of aryl methyl sites for hydroxylation is 3. The van der Waals surface area contributed by atoms with E-state index in [-0.39, 0.29) is 11.9 Å². The third kappa shape index (κ3) is 4.19. The molecule has 1 aliphatic heterocycles. The molecule has 1 aliphatic rings. The Labute approximate surface area is 180 Å². The number of nitrogens with one attached hydrogen (secondary N) is 1. The van der Waals surface area contributed by atoms with Crippen molar-refractivity contribution in [2.75, 3.05) is 18.4 Å². The number of carbonyl (C=O) groups excluding carboxylic acids is 1. The molecule has 1 aromatic carbocycles. The van der Waals surface area contributed by atoms with Gasteiger partial charge in [0.15, 0.2) is 5.13 Å². The van der Waals surface area contributed by atoms with Gasteiger partial charge in [0.05, 0.1) is 22.6 Å². The van der Waals surface area contributed by atoms with E-state index in [0.29, 0.717) is 18.2 Å². The number of urea groups is 1. The summed E-state index contributed by atoms with van der Waals surface area (Å²) in [5.41, 5.74) is 5.94. The number of hydrogen-bond acceptors (Lipinski definition) is 5. The largest absolute Gasteiger partial charge is 0.323 e. The van der Waals surface area contributed by atoms with Gasteiger partial charge in [-0.25, -0.2) is 9.78 Å². The van der Waals surface area contributed by atoms with Crippen molar-refractivity contribution in [3.8, 4) is 27.8 Å². The van der Waals surface area contributed by atoms with E-state index >= 15 is 0 Å². The predicted octanol–water partition coefficient (Wildman–Crippen LogP) is 5.17. The van der Waals surface area contributed by atoms with E-state index < -0.39 is 0 Å². The highest BCUT2D eigenvalue weighted by atomic mass is 32.1. The first-order valence-corrected chi connectivity index (χ1v) is 10.7. The zero-order valence-electron chi connectivity index (χ0n) is 17.3. The molecule has 30 heavy (non-hydrogen) atoms. The molecular weight excluding hydrogens is 394 g/mol. The molecule has 1 fully saturated rings. The van der Waals surface area contributed by atoms with Crippen LogP contribution in [0.5, 0.6) is 0 Å². The lowest BCUT2D eigenvalue weighted by Crippen LogP contribution is -2.32. The Bertz CT molecular complexity index is 1130. The van der Waals surface area contributed by atoms with E-state index in [2.05, 4.69) is 35.4 Å². The van der Waals surface area contributed by atoms with Crippen LogP contribution in [-0.4, -0.2) is 34.0 Å². The SMILES string of the molecule is Cc1cccc(-c2nc(NC(=O)N3CC[C@H](C#N)C3)sc2-c2cc(C)nc(C)c2)c1. The molecule has 0 spiro atoms. The van der Waals surface area contributed by atoms with E-state index in [1.54, 1.807) is 4.90 Å². The Balaban J connectivity index is 1.71. The van der Waals surface area contributed by atoms with Crippen molar-refractivity contribution in [2.24, 2.45) is 5.92 Å². The summed E-state index contributed by atoms with van der Waals surface area (Å²) in [6.45, 7) is 7.07. The zero-order chi connectivity index (χ0) is 21.3. The number of hydrogen-bond donors (Lipinski definition) is 1. The lowest BCUT2D eigenvalue weighted by Gasteiger charge is -2.14. The number of amides is 2. The minimum Gasteiger partial charge on any atom is -0.323 e. The van der Waals surface area contributed by atoms with Crippen LogP contribution in [0.3, 0.4) is 0 Å². The first-order valence-electron chi connectivity index (χ1n) is 9.92. The number of anilines is 1. The fourth-order valence-electron chi connectivity index (χ4n) is 3.74. The third-order valence-electron chi connectivity index (χ3n) is 5.13. The maximum absolute atomic E-state index is 12.7. The summed E-state index contributed by atoms with van der Waals surface area (Å²) in [5, 5.41) is 12.6. The summed E-state index contributed by atoms with van der Waals surface area (Å²) in [7, 11) is 0. The molecule has 3 aromatic rings. The standard InChI is InChI=1S/C23H23N5OS/c1-14-5-4-6-18(9-14)20-21(19-10-15(2)25-16(3)11-19)30-22(26-20)27-23(29)28-8-7-17(12-24)13-28/h4-6,9-11,17H,7-8,13H2,1-3H3,(H,26,27,29)/t17-/m1/s1. The van der Waals surface area contributed by atoms with Crippen LogP contribution in [0.1, 0.15) is 23.4 Å². The number of aromatic nitrogens is 2. The number of rotatable bonds is 3. The lowest BCUT2D eigenvalue weighted by molar-refractivity contribution is 0.222. The molecule has 2 aromatic heterocycles. The molecule has 2 amide bonds. The zero-order valence-corrected chi connectivity index (χ0v) is 18.1. The number of benzene rings is 1. The first-order chi connectivity index (χ1) is 14.4. The second-order valence-electron chi connectivity index (χ2n) is 7.70. The van der Waals surface area contributed by atoms with Crippen LogP contribution in [0.2, 0.25) is 0 Å². The van der Waals surface area contributed by atoms with Crippen LogP contribution in [-0.2, 0) is 0 Å². The van der Waals surface area contributed by atoms with Crippen LogP contribution < -0.4 is 5.32 Å². The Kier molecular flexibility index (Phi) is 5.51. The molecule has 1 atom stereocenters. The topological polar surface area (TPSA) is 81.9 Å². The summed E-state index contributed by atoms with van der Waals surface area (Å²) < 4.78 is 0. The van der Waals surface area contributed by atoms with Gasteiger partial charge in [-0.15, -0.1) is 0 Å². The fourth-order valence-corrected chi connectivity index (χ4v) is 4.71. The molecule has 7 heteroatoms. The average molecular weight is 418 g/mol. The highest BCUT2D eigenvalue weighted by Crippen LogP contribution is 2.39. The van der Waals surface area contributed by atoms with Gasteiger partial charge in [0.2, 0.25) is 0 Å². The molecule has 6 nitrogen and oxygen atoms in total. The Morgan fingerprint density at radius 3 is 2.60 bits per heavy atom. The number of nitrogens with zero attached hydrogens (tertiary/aromatic N) is 4. The summed E-state index contributed by atoms with van der Waals surface area (Å²) in [5.74, 6) is -0.0896. The fraction of sp³-hybridized carbons (Fsp3) is 0.304. The van der Waals surface area contributed by atoms with Gasteiger partial charge in [0.1, 0.15) is 0 Å². The molecule has 0 radical (unpaired) electrons. The summed E-state index contributed by atoms with van der Waals surface area (Å²) in [4.78, 5) is 24.6. The van der Waals surface area contributed by atoms with Crippen LogP contribution in [0.15, 0.2) is 36.4 Å². The maximum Gasteiger partial charge on any atom is 0.323 e. The van der Waals surface area contributed by atoms with E-state index in [9.17, 15) is 4.79 Å². The van der Waals surface area contributed by atoms with Gasteiger partial charge in [-0.2, -0.15) is 5.26 Å². The second kappa shape index (κ2) is 8.25. The van der Waals surface area contributed by atoms with Crippen LogP contribution in [0.25, 0.3) is 21.7 Å². The minimum atomic E-state index is -0.203. The predicted molar refractivity (Wildman–Crippen MR) is 119 cm³/mol. The van der Waals surface area contributed by atoms with Crippen molar-refractivity contribution in [2.45, 2.75) is 27.2 Å². The molecule has 152 valence electrons. The molecular formula is C23H23N5OS. The van der Waals surface area contributed by atoms with Gasteiger partial charge < -0.3 is 4.90 Å². The Morgan fingerprint density at radius 2 is 1.93 bits per heavy atom. The van der Waals surface area contributed by atoms with Crippen molar-refractivity contribution in [3.63, 3.8) is 0 Å². The summed E-state index contributed by atoms with van der Waals surface area (Å²) in [6.07, 6.45) is 0.719. The highest BCUT2D eigenvalue weighted by Gasteiger charge is 2.27. The van der Waals surface area contributed by atoms with Gasteiger partial charge in [-0.1, -0.05) is 35.1 Å². The van der Waals surface area contributed by atoms with Crippen molar-refractivity contribution in [1.29, 1.82) is 5.26 Å². The molecule has 0 bridgehead atoms. The molecule has 0 saturated carbocycles. The first kappa shape index (κ1) is 20.0. The minimum absolute atomic E-state index is 0.0896. The summed E-state index contributed by atoms with van der Waals surface area (Å²) >= 11 is 1.46. The number of thiazole rings is 1. The Hall–Kier alpha value is -3.24. The normalized spacial score (nSPS) is 15.8. The summed E-state index contributed by atoms with van der Waals surface area (Å²) in [6, 6.07) is 14.3. The Morgan fingerprint density at radius 1 is 1.17 bits per heavy atom. The number of carbonyl (C=O) groups is 1. The van der Waals surface area contributed by atoms with Gasteiger partial charge in [0, 0.05) is 30.0 Å². The third-order valence-corrected chi connectivity index (χ3v) is 6.15. The monoisotopic (exact) mass is 417 g/mol.